The maximum atomic E-state index is 12.6. The molecule has 0 aromatic heterocycles. The predicted octanol–water partition coefficient (Wildman–Crippen LogP) is 2.86. The minimum Gasteiger partial charge on any atom is -0.497 e. The van der Waals surface area contributed by atoms with Crippen LogP contribution in [-0.2, 0) is 14.3 Å². The van der Waals surface area contributed by atoms with Gasteiger partial charge in [0.2, 0.25) is 11.8 Å². The number of nitrogens with one attached hydrogen (secondary N) is 1. The number of hydrogen-bond acceptors (Lipinski definition) is 5. The fraction of sp³-hybridized carbons (Fsp3) is 0.286. The van der Waals surface area contributed by atoms with Crippen LogP contribution in [0.4, 0.5) is 11.4 Å². The molecule has 2 aromatic carbocycles. The van der Waals surface area contributed by atoms with E-state index < -0.39 is 11.9 Å². The van der Waals surface area contributed by atoms with Crippen molar-refractivity contribution >= 4 is 29.2 Å². The first-order valence-electron chi connectivity index (χ1n) is 9.04. The minimum atomic E-state index is -0.445. The van der Waals surface area contributed by atoms with Crippen molar-refractivity contribution < 1.29 is 23.9 Å². The SMILES string of the molecule is CCOC(=O)c1ccc(NC(=O)C2CC(=O)N(c3ccc(OC)cc3)C2)cc1. The lowest BCUT2D eigenvalue weighted by atomic mass is 10.1. The number of hydrogen-bond donors (Lipinski definition) is 1. The molecule has 0 radical (unpaired) electrons. The molecule has 1 aliphatic heterocycles. The maximum absolute atomic E-state index is 12.6. The first-order valence-corrected chi connectivity index (χ1v) is 9.04. The Morgan fingerprint density at radius 3 is 2.39 bits per heavy atom. The van der Waals surface area contributed by atoms with Gasteiger partial charge in [-0.05, 0) is 55.5 Å². The third-order valence-electron chi connectivity index (χ3n) is 4.54. The highest BCUT2D eigenvalue weighted by atomic mass is 16.5. The summed E-state index contributed by atoms with van der Waals surface area (Å²) in [6.07, 6.45) is 0.152. The van der Waals surface area contributed by atoms with Crippen LogP contribution < -0.4 is 15.0 Å². The number of carbonyl (C=O) groups is 3. The van der Waals surface area contributed by atoms with E-state index in [4.69, 9.17) is 9.47 Å². The van der Waals surface area contributed by atoms with E-state index in [0.29, 0.717) is 30.2 Å². The summed E-state index contributed by atoms with van der Waals surface area (Å²) >= 11 is 0. The number of benzene rings is 2. The van der Waals surface area contributed by atoms with Gasteiger partial charge in [-0.25, -0.2) is 4.79 Å². The summed E-state index contributed by atoms with van der Waals surface area (Å²) in [6.45, 7) is 2.36. The van der Waals surface area contributed by atoms with Crippen molar-refractivity contribution in [3.05, 3.63) is 54.1 Å². The molecule has 0 saturated carbocycles. The minimum absolute atomic E-state index is 0.0945. The van der Waals surface area contributed by atoms with Crippen molar-refractivity contribution in [2.45, 2.75) is 13.3 Å². The van der Waals surface area contributed by atoms with Crippen LogP contribution >= 0.6 is 0 Å². The molecule has 0 bridgehead atoms. The van der Waals surface area contributed by atoms with E-state index >= 15 is 0 Å². The van der Waals surface area contributed by atoms with Crippen LogP contribution in [0.2, 0.25) is 0 Å². The zero-order chi connectivity index (χ0) is 20.1. The molecule has 3 rings (SSSR count). The summed E-state index contributed by atoms with van der Waals surface area (Å²) in [6, 6.07) is 13.6. The average molecular weight is 382 g/mol. The Balaban J connectivity index is 1.62. The van der Waals surface area contributed by atoms with Crippen LogP contribution in [0.25, 0.3) is 0 Å². The average Bonchev–Trinajstić information content (AvgIpc) is 3.10. The Labute approximate surface area is 163 Å². The number of methoxy groups -OCH3 is 1. The van der Waals surface area contributed by atoms with Crippen molar-refractivity contribution in [1.82, 2.24) is 0 Å². The first kappa shape index (κ1) is 19.4. The summed E-state index contributed by atoms with van der Waals surface area (Å²) in [5.74, 6) is -0.469. The zero-order valence-corrected chi connectivity index (χ0v) is 15.8. The topological polar surface area (TPSA) is 84.9 Å². The summed E-state index contributed by atoms with van der Waals surface area (Å²) in [5.41, 5.74) is 1.72. The lowest BCUT2D eigenvalue weighted by molar-refractivity contribution is -0.122. The lowest BCUT2D eigenvalue weighted by Gasteiger charge is -2.17. The second kappa shape index (κ2) is 8.56. The Hall–Kier alpha value is -3.35. The highest BCUT2D eigenvalue weighted by Crippen LogP contribution is 2.27. The molecule has 1 heterocycles. The van der Waals surface area contributed by atoms with E-state index in [2.05, 4.69) is 5.32 Å². The number of rotatable bonds is 6. The molecule has 2 amide bonds. The second-order valence-corrected chi connectivity index (χ2v) is 6.39. The Morgan fingerprint density at radius 1 is 1.11 bits per heavy atom. The fourth-order valence-electron chi connectivity index (χ4n) is 3.04. The third kappa shape index (κ3) is 4.31. The molecule has 1 saturated heterocycles. The normalized spacial score (nSPS) is 16.0. The number of ether oxygens (including phenoxy) is 2. The largest absolute Gasteiger partial charge is 0.497 e. The smallest absolute Gasteiger partial charge is 0.338 e. The first-order chi connectivity index (χ1) is 13.5. The van der Waals surface area contributed by atoms with E-state index in [1.54, 1.807) is 67.5 Å². The maximum Gasteiger partial charge on any atom is 0.338 e. The third-order valence-corrected chi connectivity index (χ3v) is 4.54. The van der Waals surface area contributed by atoms with Crippen molar-refractivity contribution in [2.24, 2.45) is 5.92 Å². The van der Waals surface area contributed by atoms with Gasteiger partial charge in [0.15, 0.2) is 0 Å². The molecule has 7 heteroatoms. The van der Waals surface area contributed by atoms with Crippen LogP contribution in [0.3, 0.4) is 0 Å². The lowest BCUT2D eigenvalue weighted by Crippen LogP contribution is -2.28. The summed E-state index contributed by atoms with van der Waals surface area (Å²) < 4.78 is 10.1. The predicted molar refractivity (Wildman–Crippen MR) is 104 cm³/mol. The molecule has 146 valence electrons. The number of carbonyl (C=O) groups excluding carboxylic acids is 3. The molecule has 1 fully saturated rings. The van der Waals surface area contributed by atoms with Crippen LogP contribution in [0.1, 0.15) is 23.7 Å². The van der Waals surface area contributed by atoms with Gasteiger partial charge in [0.05, 0.1) is 25.2 Å². The quantitative estimate of drug-likeness (QED) is 0.777. The molecule has 2 aromatic rings. The molecule has 0 spiro atoms. The van der Waals surface area contributed by atoms with E-state index in [0.717, 1.165) is 5.69 Å². The van der Waals surface area contributed by atoms with Crippen molar-refractivity contribution in [3.8, 4) is 5.75 Å². The number of nitrogens with zero attached hydrogens (tertiary/aromatic N) is 1. The van der Waals surface area contributed by atoms with Crippen LogP contribution in [0.15, 0.2) is 48.5 Å². The summed E-state index contributed by atoms with van der Waals surface area (Å²) in [4.78, 5) is 38.2. The van der Waals surface area contributed by atoms with Crippen molar-refractivity contribution in [3.63, 3.8) is 0 Å². The van der Waals surface area contributed by atoms with Crippen molar-refractivity contribution in [1.29, 1.82) is 0 Å². The zero-order valence-electron chi connectivity index (χ0n) is 15.8. The van der Waals surface area contributed by atoms with Crippen LogP contribution in [0, 0.1) is 5.92 Å². The van der Waals surface area contributed by atoms with E-state index in [1.165, 1.54) is 0 Å². The van der Waals surface area contributed by atoms with Crippen LogP contribution in [-0.4, -0.2) is 38.0 Å². The molecule has 28 heavy (non-hydrogen) atoms. The Kier molecular flexibility index (Phi) is 5.93. The Morgan fingerprint density at radius 2 is 1.79 bits per heavy atom. The molecule has 1 aliphatic rings. The van der Waals surface area contributed by atoms with Gasteiger partial charge >= 0.3 is 5.97 Å². The van der Waals surface area contributed by atoms with Gasteiger partial charge in [0, 0.05) is 24.3 Å². The van der Waals surface area contributed by atoms with E-state index in [9.17, 15) is 14.4 Å². The van der Waals surface area contributed by atoms with Gasteiger partial charge in [-0.3, -0.25) is 9.59 Å². The van der Waals surface area contributed by atoms with Crippen LogP contribution in [0.5, 0.6) is 5.75 Å². The van der Waals surface area contributed by atoms with E-state index in [1.807, 2.05) is 0 Å². The van der Waals surface area contributed by atoms with Gasteiger partial charge in [-0.15, -0.1) is 0 Å². The van der Waals surface area contributed by atoms with Gasteiger partial charge in [-0.2, -0.15) is 0 Å². The summed E-state index contributed by atoms with van der Waals surface area (Å²) in [7, 11) is 1.58. The van der Waals surface area contributed by atoms with Gasteiger partial charge in [0.1, 0.15) is 5.75 Å². The summed E-state index contributed by atoms with van der Waals surface area (Å²) in [5, 5.41) is 2.80. The number of esters is 1. The molecule has 1 atom stereocenters. The second-order valence-electron chi connectivity index (χ2n) is 6.39. The van der Waals surface area contributed by atoms with Gasteiger partial charge in [-0.1, -0.05) is 0 Å². The molecular weight excluding hydrogens is 360 g/mol. The number of anilines is 2. The standard InChI is InChI=1S/C21H22N2O5/c1-3-28-21(26)14-4-6-16(7-5-14)22-20(25)15-12-19(24)23(13-15)17-8-10-18(27-2)11-9-17/h4-11,15H,3,12-13H2,1-2H3,(H,22,25). The monoisotopic (exact) mass is 382 g/mol. The molecule has 0 aliphatic carbocycles. The van der Waals surface area contributed by atoms with Crippen molar-refractivity contribution in [2.75, 3.05) is 30.5 Å². The molecule has 1 N–H and O–H groups in total. The fourth-order valence-corrected chi connectivity index (χ4v) is 3.04. The number of amides is 2. The molecular formula is C21H22N2O5. The van der Waals surface area contributed by atoms with E-state index in [-0.39, 0.29) is 18.2 Å². The highest BCUT2D eigenvalue weighted by Gasteiger charge is 2.35. The van der Waals surface area contributed by atoms with Gasteiger partial charge < -0.3 is 19.7 Å². The molecule has 1 unspecified atom stereocenters. The highest BCUT2D eigenvalue weighted by molar-refractivity contribution is 6.03. The van der Waals surface area contributed by atoms with Gasteiger partial charge in [0.25, 0.3) is 0 Å². The molecule has 7 nitrogen and oxygen atoms in total. The Bertz CT molecular complexity index is 861.